The monoisotopic (exact) mass is 343 g/mol. The Morgan fingerprint density at radius 1 is 1.36 bits per heavy atom. The molecule has 25 heavy (non-hydrogen) atoms. The second-order valence-corrected chi connectivity index (χ2v) is 5.68. The van der Waals surface area contributed by atoms with Crippen LogP contribution in [-0.2, 0) is 17.8 Å². The molecular weight excluding hydrogens is 325 g/mol. The fourth-order valence-electron chi connectivity index (χ4n) is 2.79. The molecule has 1 amide bonds. The van der Waals surface area contributed by atoms with Gasteiger partial charge in [0, 0.05) is 0 Å². The Labute approximate surface area is 143 Å². The number of nitrogens with two attached hydrogens (primary N) is 1. The lowest BCUT2D eigenvalue weighted by Crippen LogP contribution is -2.19. The predicted octanol–water partition coefficient (Wildman–Crippen LogP) is 1.95. The minimum atomic E-state index is -0.982. The maximum absolute atomic E-state index is 13.9. The molecule has 1 unspecified atom stereocenters. The second-order valence-electron chi connectivity index (χ2n) is 5.68. The number of nitrogens with zero attached hydrogens (tertiary/aromatic N) is 2. The van der Waals surface area contributed by atoms with E-state index in [1.807, 2.05) is 24.3 Å². The zero-order chi connectivity index (χ0) is 18.0. The lowest BCUT2D eigenvalue weighted by molar-refractivity contribution is -0.117. The molecule has 0 bridgehead atoms. The van der Waals surface area contributed by atoms with Crippen molar-refractivity contribution in [1.29, 1.82) is 0 Å². The number of hydrogen-bond donors (Lipinski definition) is 2. The van der Waals surface area contributed by atoms with Crippen molar-refractivity contribution in [2.75, 3.05) is 7.11 Å². The van der Waals surface area contributed by atoms with Crippen LogP contribution in [0.15, 0.2) is 42.5 Å². The van der Waals surface area contributed by atoms with Gasteiger partial charge in [-0.05, 0) is 29.8 Å². The Balaban J connectivity index is 1.96. The van der Waals surface area contributed by atoms with E-state index in [1.54, 1.807) is 10.6 Å². The third-order valence-corrected chi connectivity index (χ3v) is 3.98. The van der Waals surface area contributed by atoms with Gasteiger partial charge in [-0.2, -0.15) is 0 Å². The van der Waals surface area contributed by atoms with E-state index in [0.717, 1.165) is 5.52 Å². The van der Waals surface area contributed by atoms with E-state index in [1.165, 1.54) is 19.2 Å². The molecule has 0 aliphatic carbocycles. The first-order chi connectivity index (χ1) is 12.0. The molecule has 3 N–H and O–H groups in total. The molecule has 6 nitrogen and oxygen atoms in total. The molecular formula is C18H18FN3O3. The molecule has 2 aromatic carbocycles. The number of hydrogen-bond acceptors (Lipinski definition) is 4. The fourth-order valence-corrected chi connectivity index (χ4v) is 2.79. The number of aliphatic hydroxyl groups excluding tert-OH is 1. The molecule has 0 saturated carbocycles. The molecule has 0 spiro atoms. The molecule has 130 valence electrons. The summed E-state index contributed by atoms with van der Waals surface area (Å²) in [5, 5.41) is 10.5. The number of carbonyl (C=O) groups is 1. The highest BCUT2D eigenvalue weighted by Gasteiger charge is 2.17. The Kier molecular flexibility index (Phi) is 4.67. The number of fused-ring (bicyclic) bond motifs is 1. The number of benzene rings is 2. The maximum atomic E-state index is 13.9. The van der Waals surface area contributed by atoms with Gasteiger partial charge in [-0.25, -0.2) is 9.37 Å². The first-order valence-corrected chi connectivity index (χ1v) is 7.73. The summed E-state index contributed by atoms with van der Waals surface area (Å²) in [6, 6.07) is 11.6. The molecule has 3 rings (SSSR count). The van der Waals surface area contributed by atoms with Crippen LogP contribution in [-0.4, -0.2) is 27.7 Å². The van der Waals surface area contributed by atoms with E-state index < -0.39 is 17.8 Å². The van der Waals surface area contributed by atoms with Crippen molar-refractivity contribution in [3.63, 3.8) is 0 Å². The minimum Gasteiger partial charge on any atom is -0.494 e. The number of halogens is 1. The first-order valence-electron chi connectivity index (χ1n) is 7.73. The van der Waals surface area contributed by atoms with Gasteiger partial charge in [0.1, 0.15) is 5.82 Å². The molecule has 1 heterocycles. The average molecular weight is 343 g/mol. The highest BCUT2D eigenvalue weighted by Crippen LogP contribution is 2.25. The summed E-state index contributed by atoms with van der Waals surface area (Å²) >= 11 is 0. The van der Waals surface area contributed by atoms with Crippen LogP contribution in [0.5, 0.6) is 5.75 Å². The van der Waals surface area contributed by atoms with Crippen molar-refractivity contribution >= 4 is 16.9 Å². The maximum Gasteiger partial charge on any atom is 0.225 e. The van der Waals surface area contributed by atoms with Crippen LogP contribution in [0, 0.1) is 5.82 Å². The van der Waals surface area contributed by atoms with Crippen molar-refractivity contribution in [1.82, 2.24) is 9.55 Å². The van der Waals surface area contributed by atoms with Gasteiger partial charge in [-0.1, -0.05) is 18.2 Å². The van der Waals surface area contributed by atoms with Crippen LogP contribution in [0.25, 0.3) is 11.0 Å². The van der Waals surface area contributed by atoms with Gasteiger partial charge in [0.2, 0.25) is 5.91 Å². The van der Waals surface area contributed by atoms with Gasteiger partial charge in [0.15, 0.2) is 11.6 Å². The SMILES string of the molecule is COc1ccc(C(O)Cn2c(CC(N)=O)nc3ccccc32)cc1F. The smallest absolute Gasteiger partial charge is 0.225 e. The van der Waals surface area contributed by atoms with Gasteiger partial charge >= 0.3 is 0 Å². The van der Waals surface area contributed by atoms with Crippen molar-refractivity contribution in [2.45, 2.75) is 19.1 Å². The number of para-hydroxylation sites is 2. The highest BCUT2D eigenvalue weighted by atomic mass is 19.1. The molecule has 1 atom stereocenters. The quantitative estimate of drug-likeness (QED) is 0.716. The van der Waals surface area contributed by atoms with E-state index in [9.17, 15) is 14.3 Å². The van der Waals surface area contributed by atoms with Crippen molar-refractivity contribution in [2.24, 2.45) is 5.73 Å². The van der Waals surface area contributed by atoms with Crippen LogP contribution >= 0.6 is 0 Å². The summed E-state index contributed by atoms with van der Waals surface area (Å²) in [5.41, 5.74) is 7.17. The number of aliphatic hydroxyl groups is 1. The Morgan fingerprint density at radius 2 is 2.12 bits per heavy atom. The molecule has 3 aromatic rings. The Hall–Kier alpha value is -2.93. The number of methoxy groups -OCH3 is 1. The first kappa shape index (κ1) is 16.9. The molecule has 0 aliphatic rings. The Morgan fingerprint density at radius 3 is 2.80 bits per heavy atom. The van der Waals surface area contributed by atoms with Gasteiger partial charge in [0.05, 0.1) is 37.2 Å². The van der Waals surface area contributed by atoms with E-state index in [2.05, 4.69) is 4.98 Å². The number of carbonyl (C=O) groups excluding carboxylic acids is 1. The van der Waals surface area contributed by atoms with E-state index in [-0.39, 0.29) is 18.7 Å². The highest BCUT2D eigenvalue weighted by molar-refractivity contribution is 5.80. The van der Waals surface area contributed by atoms with E-state index >= 15 is 0 Å². The average Bonchev–Trinajstić information content (AvgIpc) is 2.91. The summed E-state index contributed by atoms with van der Waals surface area (Å²) in [6.45, 7) is 0.120. The van der Waals surface area contributed by atoms with Crippen LogP contribution in [0.4, 0.5) is 4.39 Å². The zero-order valence-corrected chi connectivity index (χ0v) is 13.6. The van der Waals surface area contributed by atoms with E-state index in [0.29, 0.717) is 16.9 Å². The van der Waals surface area contributed by atoms with E-state index in [4.69, 9.17) is 10.5 Å². The lowest BCUT2D eigenvalue weighted by Gasteiger charge is -2.15. The molecule has 7 heteroatoms. The van der Waals surface area contributed by atoms with Crippen molar-refractivity contribution in [3.8, 4) is 5.75 Å². The molecule has 0 radical (unpaired) electrons. The second kappa shape index (κ2) is 6.90. The lowest BCUT2D eigenvalue weighted by atomic mass is 10.1. The summed E-state index contributed by atoms with van der Waals surface area (Å²) in [7, 11) is 1.38. The largest absolute Gasteiger partial charge is 0.494 e. The van der Waals surface area contributed by atoms with Gasteiger partial charge in [0.25, 0.3) is 0 Å². The van der Waals surface area contributed by atoms with Crippen LogP contribution in [0.2, 0.25) is 0 Å². The summed E-state index contributed by atoms with van der Waals surface area (Å²) < 4.78 is 20.5. The van der Waals surface area contributed by atoms with Gasteiger partial charge in [-0.3, -0.25) is 4.79 Å². The summed E-state index contributed by atoms with van der Waals surface area (Å²) in [5.74, 6) is -0.492. The number of amides is 1. The summed E-state index contributed by atoms with van der Waals surface area (Å²) in [6.07, 6.45) is -1.03. The van der Waals surface area contributed by atoms with Crippen molar-refractivity contribution < 1.29 is 19.0 Å². The predicted molar refractivity (Wildman–Crippen MR) is 90.5 cm³/mol. The minimum absolute atomic E-state index is 0.0433. The summed E-state index contributed by atoms with van der Waals surface area (Å²) in [4.78, 5) is 15.7. The zero-order valence-electron chi connectivity index (χ0n) is 13.6. The molecule has 1 aromatic heterocycles. The van der Waals surface area contributed by atoms with Crippen LogP contribution in [0.1, 0.15) is 17.5 Å². The number of primary amides is 1. The topological polar surface area (TPSA) is 90.4 Å². The molecule has 0 saturated heterocycles. The number of aromatic nitrogens is 2. The normalized spacial score (nSPS) is 12.3. The van der Waals surface area contributed by atoms with Crippen molar-refractivity contribution in [3.05, 3.63) is 59.7 Å². The number of imidazole rings is 1. The number of ether oxygens (including phenoxy) is 1. The van der Waals surface area contributed by atoms with Crippen LogP contribution in [0.3, 0.4) is 0 Å². The number of rotatable bonds is 6. The third-order valence-electron chi connectivity index (χ3n) is 3.98. The molecule has 0 fully saturated rings. The van der Waals surface area contributed by atoms with Gasteiger partial charge in [-0.15, -0.1) is 0 Å². The standard InChI is InChI=1S/C18H18FN3O3/c1-25-16-7-6-11(8-12(16)19)15(23)10-22-14-5-3-2-4-13(14)21-18(22)9-17(20)24/h2-8,15,23H,9-10H2,1H3,(H2,20,24). The fraction of sp³-hybridized carbons (Fsp3) is 0.222. The molecule has 0 aliphatic heterocycles. The van der Waals surface area contributed by atoms with Gasteiger partial charge < -0.3 is 20.1 Å². The Bertz CT molecular complexity index is 923. The van der Waals surface area contributed by atoms with Crippen LogP contribution < -0.4 is 10.5 Å². The third kappa shape index (κ3) is 3.46.